The van der Waals surface area contributed by atoms with Crippen LogP contribution in [0.5, 0.6) is 0 Å². The molecule has 0 saturated carbocycles. The van der Waals surface area contributed by atoms with Crippen LogP contribution >= 0.6 is 0 Å². The number of hydrogen-bond donors (Lipinski definition) is 2. The molecule has 0 saturated heterocycles. The molecule has 0 radical (unpaired) electrons. The average molecular weight is 656 g/mol. The third-order valence-electron chi connectivity index (χ3n) is 8.68. The summed E-state index contributed by atoms with van der Waals surface area (Å²) in [6, 6.07) is 44.9. The number of aromatic nitrogens is 3. The Morgan fingerprint density at radius 2 is 0.840 bits per heavy atom. The van der Waals surface area contributed by atoms with Gasteiger partial charge in [0.2, 0.25) is 11.8 Å². The van der Waals surface area contributed by atoms with Gasteiger partial charge in [0.15, 0.2) is 17.5 Å². The maximum Gasteiger partial charge on any atom is 0.299 e. The van der Waals surface area contributed by atoms with Gasteiger partial charge in [-0.05, 0) is 58.7 Å². The molecule has 0 amide bonds. The number of ether oxygens (including phenoxy) is 1. The summed E-state index contributed by atoms with van der Waals surface area (Å²) in [7, 11) is 0. The molecule has 8 heteroatoms. The van der Waals surface area contributed by atoms with Gasteiger partial charge in [0.1, 0.15) is 0 Å². The molecular weight excluding hydrogens is 628 g/mol. The molecule has 6 nitrogen and oxygen atoms in total. The molecule has 0 aliphatic heterocycles. The zero-order chi connectivity index (χ0) is 34.2. The van der Waals surface area contributed by atoms with Crippen LogP contribution in [-0.4, -0.2) is 26.7 Å². The zero-order valence-electron chi connectivity index (χ0n) is 26.4. The third kappa shape index (κ3) is 5.62. The average Bonchev–Trinajstić information content (AvgIpc) is 3.40. The van der Waals surface area contributed by atoms with Gasteiger partial charge in [-0.1, -0.05) is 115 Å². The van der Waals surface area contributed by atoms with E-state index in [0.29, 0.717) is 56.4 Å². The number of hydrogen-bond acceptors (Lipinski definition) is 6. The van der Waals surface area contributed by atoms with Crippen LogP contribution < -0.4 is 0 Å². The molecule has 0 bridgehead atoms. The van der Waals surface area contributed by atoms with Gasteiger partial charge in [-0.3, -0.25) is 10.8 Å². The van der Waals surface area contributed by atoms with E-state index in [1.807, 2.05) is 72.8 Å². The van der Waals surface area contributed by atoms with Crippen molar-refractivity contribution >= 4 is 11.8 Å². The van der Waals surface area contributed by atoms with E-state index in [-0.39, 0.29) is 22.9 Å². The van der Waals surface area contributed by atoms with Gasteiger partial charge in [-0.15, -0.1) is 0 Å². The number of rotatable bonds is 6. The summed E-state index contributed by atoms with van der Waals surface area (Å²) in [5.74, 6) is -2.36. The van der Waals surface area contributed by atoms with E-state index in [2.05, 4.69) is 0 Å². The summed E-state index contributed by atoms with van der Waals surface area (Å²) < 4.78 is 38.1. The molecule has 0 atom stereocenters. The molecule has 0 spiro atoms. The summed E-state index contributed by atoms with van der Waals surface area (Å²) >= 11 is 0. The molecule has 0 unspecified atom stereocenters. The van der Waals surface area contributed by atoms with Gasteiger partial charge in [0, 0.05) is 38.9 Å². The Bertz CT molecular complexity index is 2340. The lowest BCUT2D eigenvalue weighted by atomic mass is 9.97. The monoisotopic (exact) mass is 655 g/mol. The minimum absolute atomic E-state index is 0.0794. The third-order valence-corrected chi connectivity index (χ3v) is 8.68. The zero-order valence-corrected chi connectivity index (χ0v) is 26.4. The van der Waals surface area contributed by atoms with Crippen LogP contribution in [0.2, 0.25) is 0 Å². The highest BCUT2D eigenvalue weighted by Crippen LogP contribution is 2.52. The van der Waals surface area contributed by atoms with Crippen LogP contribution in [-0.2, 0) is 10.7 Å². The summed E-state index contributed by atoms with van der Waals surface area (Å²) in [6.07, 6.45) is 0. The molecule has 8 rings (SSSR count). The van der Waals surface area contributed by atoms with Crippen LogP contribution in [0.25, 0.3) is 56.4 Å². The second-order valence-corrected chi connectivity index (χ2v) is 11.8. The lowest BCUT2D eigenvalue weighted by Gasteiger charge is -2.14. The van der Waals surface area contributed by atoms with Crippen LogP contribution in [0, 0.1) is 10.8 Å². The highest BCUT2D eigenvalue weighted by Gasteiger charge is 2.44. The molecule has 1 aromatic heterocycles. The van der Waals surface area contributed by atoms with E-state index < -0.39 is 5.92 Å². The van der Waals surface area contributed by atoms with Crippen LogP contribution in [0.4, 0.5) is 8.78 Å². The van der Waals surface area contributed by atoms with Crippen molar-refractivity contribution in [1.29, 1.82) is 10.8 Å². The number of fused-ring (bicyclic) bond motifs is 3. The Balaban J connectivity index is 1.10. The predicted molar refractivity (Wildman–Crippen MR) is 191 cm³/mol. The fraction of sp³-hybridized carbons (Fsp3) is 0.0238. The normalized spacial score (nSPS) is 12.5. The number of nitrogens with zero attached hydrogens (tertiary/aromatic N) is 3. The predicted octanol–water partition coefficient (Wildman–Crippen LogP) is 10.0. The van der Waals surface area contributed by atoms with Crippen molar-refractivity contribution in [3.63, 3.8) is 0 Å². The summed E-state index contributed by atoms with van der Waals surface area (Å²) in [5, 5.41) is 16.5. The maximum absolute atomic E-state index is 16.3. The summed E-state index contributed by atoms with van der Waals surface area (Å²) in [4.78, 5) is 14.2. The SMILES string of the molecule is N=C(OC(=N)c1ccc(-c2ccc3c(c2)C(F)(F)c2cc(-c4nc(-c5ccccc5)nc(-c5ccccc5)n4)ccc2-3)cc1)c1ccccc1. The molecule has 7 aromatic rings. The van der Waals surface area contributed by atoms with E-state index >= 15 is 8.78 Å². The van der Waals surface area contributed by atoms with Crippen molar-refractivity contribution in [3.8, 4) is 56.4 Å². The first kappa shape index (κ1) is 30.7. The Hall–Kier alpha value is -6.67. The van der Waals surface area contributed by atoms with Crippen molar-refractivity contribution in [2.24, 2.45) is 0 Å². The Morgan fingerprint density at radius 1 is 0.440 bits per heavy atom. The highest BCUT2D eigenvalue weighted by molar-refractivity contribution is 6.04. The molecule has 6 aromatic carbocycles. The molecule has 1 aliphatic carbocycles. The van der Waals surface area contributed by atoms with Crippen molar-refractivity contribution in [1.82, 2.24) is 15.0 Å². The number of nitrogens with one attached hydrogen (secondary N) is 2. The quantitative estimate of drug-likeness (QED) is 0.138. The van der Waals surface area contributed by atoms with Gasteiger partial charge in [0.05, 0.1) is 0 Å². The molecular formula is C42H27F2N5O. The van der Waals surface area contributed by atoms with Crippen molar-refractivity contribution in [2.45, 2.75) is 5.92 Å². The molecule has 0 fully saturated rings. The number of benzene rings is 6. The first-order valence-electron chi connectivity index (χ1n) is 15.9. The first-order chi connectivity index (χ1) is 24.3. The fourth-order valence-corrected chi connectivity index (χ4v) is 6.10. The lowest BCUT2D eigenvalue weighted by molar-refractivity contribution is 0.0481. The van der Waals surface area contributed by atoms with Gasteiger partial charge in [-0.2, -0.15) is 8.78 Å². The minimum atomic E-state index is -3.26. The topological polar surface area (TPSA) is 95.6 Å². The molecule has 1 heterocycles. The van der Waals surface area contributed by atoms with Crippen molar-refractivity contribution in [2.75, 3.05) is 0 Å². The molecule has 240 valence electrons. The van der Waals surface area contributed by atoms with E-state index in [0.717, 1.165) is 11.1 Å². The van der Waals surface area contributed by atoms with Crippen LogP contribution in [0.15, 0.2) is 152 Å². The Morgan fingerprint density at radius 3 is 1.36 bits per heavy atom. The maximum atomic E-state index is 16.3. The van der Waals surface area contributed by atoms with Crippen molar-refractivity contribution < 1.29 is 13.5 Å². The van der Waals surface area contributed by atoms with Gasteiger partial charge >= 0.3 is 0 Å². The second-order valence-electron chi connectivity index (χ2n) is 11.8. The summed E-state index contributed by atoms with van der Waals surface area (Å²) in [5.41, 5.74) is 5.15. The Kier molecular flexibility index (Phi) is 7.61. The molecule has 2 N–H and O–H groups in total. The van der Waals surface area contributed by atoms with Gasteiger partial charge in [0.25, 0.3) is 5.92 Å². The highest BCUT2D eigenvalue weighted by atomic mass is 19.3. The van der Waals surface area contributed by atoms with E-state index in [9.17, 15) is 0 Å². The van der Waals surface area contributed by atoms with Crippen molar-refractivity contribution in [3.05, 3.63) is 174 Å². The largest absolute Gasteiger partial charge is 0.421 e. The standard InChI is InChI=1S/C42H27F2N5O/c43-42(44)35-24-31(26-16-18-28(19-17-26)38(46)50-37(45)27-10-4-1-5-11-27)20-22-33(35)34-23-21-32(25-36(34)42)41-48-39(29-12-6-2-7-13-29)47-40(49-41)30-14-8-3-9-15-30/h1-25,45-46H. The smallest absolute Gasteiger partial charge is 0.299 e. The van der Waals surface area contributed by atoms with E-state index in [4.69, 9.17) is 30.5 Å². The van der Waals surface area contributed by atoms with E-state index in [1.54, 1.807) is 66.7 Å². The minimum Gasteiger partial charge on any atom is -0.421 e. The molecule has 50 heavy (non-hydrogen) atoms. The molecule has 1 aliphatic rings. The number of alkyl halides is 2. The lowest BCUT2D eigenvalue weighted by Crippen LogP contribution is -2.12. The van der Waals surface area contributed by atoms with Gasteiger partial charge in [-0.25, -0.2) is 15.0 Å². The Labute approximate surface area is 286 Å². The van der Waals surface area contributed by atoms with Crippen LogP contribution in [0.3, 0.4) is 0 Å². The number of halogens is 2. The second kappa shape index (κ2) is 12.4. The fourth-order valence-electron chi connectivity index (χ4n) is 6.10. The summed E-state index contributed by atoms with van der Waals surface area (Å²) in [6.45, 7) is 0. The van der Waals surface area contributed by atoms with Gasteiger partial charge < -0.3 is 4.74 Å². The van der Waals surface area contributed by atoms with E-state index in [1.165, 1.54) is 12.1 Å². The van der Waals surface area contributed by atoms with Crippen LogP contribution in [0.1, 0.15) is 22.3 Å². The first-order valence-corrected chi connectivity index (χ1v) is 15.9.